The summed E-state index contributed by atoms with van der Waals surface area (Å²) in [5.74, 6) is -0.546. The van der Waals surface area contributed by atoms with E-state index in [9.17, 15) is 19.0 Å². The molecule has 10 heteroatoms. The number of ether oxygens (including phenoxy) is 1. The average molecular weight is 918 g/mol. The number of allylic oxidation sites excluding steroid dienone is 11. The Morgan fingerprint density at radius 1 is 0.578 bits per heavy atom. The van der Waals surface area contributed by atoms with Gasteiger partial charge in [0, 0.05) is 12.8 Å². The average Bonchev–Trinajstić information content (AvgIpc) is 3.25. The summed E-state index contributed by atoms with van der Waals surface area (Å²) < 4.78 is 30.5. The minimum atomic E-state index is -4.45. The van der Waals surface area contributed by atoms with Gasteiger partial charge in [-0.05, 0) is 76.7 Å². The molecule has 0 aliphatic heterocycles. The number of esters is 1. The fourth-order valence-electron chi connectivity index (χ4n) is 6.98. The normalized spacial score (nSPS) is 14.5. The molecule has 370 valence electrons. The van der Waals surface area contributed by atoms with Crippen LogP contribution in [0.2, 0.25) is 0 Å². The Kier molecular flexibility index (Phi) is 42.5. The van der Waals surface area contributed by atoms with Crippen molar-refractivity contribution in [3.05, 3.63) is 72.9 Å². The molecular formula is C54H98N2O7P+. The fourth-order valence-corrected chi connectivity index (χ4v) is 7.71. The summed E-state index contributed by atoms with van der Waals surface area (Å²) in [5.41, 5.74) is 0. The van der Waals surface area contributed by atoms with Gasteiger partial charge >= 0.3 is 13.8 Å². The highest BCUT2D eigenvalue weighted by Crippen LogP contribution is 2.43. The largest absolute Gasteiger partial charge is 0.472 e. The Morgan fingerprint density at radius 3 is 1.66 bits per heavy atom. The summed E-state index contributed by atoms with van der Waals surface area (Å²) in [6.45, 7) is 6.72. The zero-order valence-electron chi connectivity index (χ0n) is 42.0. The third-order valence-corrected chi connectivity index (χ3v) is 11.9. The highest BCUT2D eigenvalue weighted by molar-refractivity contribution is 7.47. The Balaban J connectivity index is 5.46. The van der Waals surface area contributed by atoms with E-state index in [0.29, 0.717) is 23.9 Å². The first-order chi connectivity index (χ1) is 30.9. The van der Waals surface area contributed by atoms with Gasteiger partial charge in [0.25, 0.3) is 0 Å². The molecule has 0 radical (unpaired) electrons. The quantitative estimate of drug-likeness (QED) is 0.0156. The zero-order valence-corrected chi connectivity index (χ0v) is 42.9. The smallest absolute Gasteiger partial charge is 0.456 e. The molecule has 0 rings (SSSR count). The summed E-state index contributed by atoms with van der Waals surface area (Å²) in [4.78, 5) is 37.4. The molecule has 0 bridgehead atoms. The van der Waals surface area contributed by atoms with Crippen LogP contribution < -0.4 is 5.32 Å². The van der Waals surface area contributed by atoms with Gasteiger partial charge in [-0.2, -0.15) is 0 Å². The van der Waals surface area contributed by atoms with E-state index in [1.807, 2.05) is 39.4 Å². The van der Waals surface area contributed by atoms with Crippen LogP contribution >= 0.6 is 7.82 Å². The number of phosphoric ester groups is 1. The number of rotatable bonds is 45. The molecule has 0 aromatic rings. The van der Waals surface area contributed by atoms with Gasteiger partial charge in [-0.1, -0.05) is 190 Å². The molecule has 0 aliphatic rings. The van der Waals surface area contributed by atoms with E-state index in [4.69, 9.17) is 13.8 Å². The minimum absolute atomic E-state index is 0.0321. The number of unbranched alkanes of at least 4 members (excludes halogenated alkanes) is 21. The third kappa shape index (κ3) is 44.6. The van der Waals surface area contributed by atoms with Crippen LogP contribution in [0.1, 0.15) is 207 Å². The highest BCUT2D eigenvalue weighted by Gasteiger charge is 2.30. The molecule has 3 atom stereocenters. The highest BCUT2D eigenvalue weighted by atomic mass is 31.2. The van der Waals surface area contributed by atoms with Crippen LogP contribution in [0.15, 0.2) is 72.9 Å². The molecule has 64 heavy (non-hydrogen) atoms. The molecule has 0 heterocycles. The van der Waals surface area contributed by atoms with Gasteiger partial charge in [-0.25, -0.2) is 4.57 Å². The maximum Gasteiger partial charge on any atom is 0.472 e. The number of hydrogen-bond acceptors (Lipinski definition) is 6. The van der Waals surface area contributed by atoms with Crippen LogP contribution in [0.25, 0.3) is 0 Å². The number of likely N-dealkylation sites (N-methyl/N-ethyl adjacent to an activating group) is 1. The van der Waals surface area contributed by atoms with E-state index >= 15 is 0 Å². The monoisotopic (exact) mass is 918 g/mol. The van der Waals surface area contributed by atoms with E-state index in [-0.39, 0.29) is 31.5 Å². The lowest BCUT2D eigenvalue weighted by molar-refractivity contribution is -0.870. The zero-order chi connectivity index (χ0) is 47.3. The maximum absolute atomic E-state index is 13.4. The Bertz CT molecular complexity index is 1330. The van der Waals surface area contributed by atoms with Crippen LogP contribution in [0, 0.1) is 0 Å². The lowest BCUT2D eigenvalue weighted by Gasteiger charge is -2.27. The van der Waals surface area contributed by atoms with E-state index in [1.165, 1.54) is 64.2 Å². The van der Waals surface area contributed by atoms with Crippen molar-refractivity contribution in [3.8, 4) is 0 Å². The Morgan fingerprint density at radius 2 is 1.08 bits per heavy atom. The maximum atomic E-state index is 13.4. The van der Waals surface area contributed by atoms with E-state index in [1.54, 1.807) is 0 Å². The summed E-state index contributed by atoms with van der Waals surface area (Å²) in [5, 5.41) is 3.02. The number of carbonyl (C=O) groups excluding carboxylic acids is 2. The lowest BCUT2D eigenvalue weighted by atomic mass is 10.1. The van der Waals surface area contributed by atoms with Crippen LogP contribution in [0.4, 0.5) is 0 Å². The van der Waals surface area contributed by atoms with Gasteiger partial charge < -0.3 is 19.4 Å². The van der Waals surface area contributed by atoms with Crippen LogP contribution in [-0.4, -0.2) is 74.3 Å². The van der Waals surface area contributed by atoms with Crippen LogP contribution in [0.3, 0.4) is 0 Å². The summed E-state index contributed by atoms with van der Waals surface area (Å²) in [6.07, 6.45) is 54.7. The lowest BCUT2D eigenvalue weighted by Crippen LogP contribution is -2.47. The van der Waals surface area contributed by atoms with Crippen molar-refractivity contribution in [3.63, 3.8) is 0 Å². The van der Waals surface area contributed by atoms with Crippen molar-refractivity contribution in [2.24, 2.45) is 0 Å². The van der Waals surface area contributed by atoms with Crippen LogP contribution in [-0.2, 0) is 27.9 Å². The number of carbonyl (C=O) groups is 2. The Labute approximate surface area is 393 Å². The van der Waals surface area contributed by atoms with Gasteiger partial charge in [-0.3, -0.25) is 18.6 Å². The predicted octanol–water partition coefficient (Wildman–Crippen LogP) is 14.9. The number of nitrogens with one attached hydrogen (secondary N) is 1. The fraction of sp³-hybridized carbons (Fsp3) is 0.741. The molecule has 0 spiro atoms. The summed E-state index contributed by atoms with van der Waals surface area (Å²) >= 11 is 0. The predicted molar refractivity (Wildman–Crippen MR) is 272 cm³/mol. The topological polar surface area (TPSA) is 111 Å². The van der Waals surface area contributed by atoms with Crippen molar-refractivity contribution in [2.45, 2.75) is 219 Å². The van der Waals surface area contributed by atoms with Crippen LogP contribution in [0.5, 0.6) is 0 Å². The van der Waals surface area contributed by atoms with Crippen molar-refractivity contribution in [1.29, 1.82) is 0 Å². The van der Waals surface area contributed by atoms with Crippen molar-refractivity contribution in [1.82, 2.24) is 5.32 Å². The standard InChI is InChI=1S/C54H97N2O7P/c1-7-10-13-16-19-22-25-27-29-31-34-37-40-43-46-53(57)55-51(50-62-64(59,60)61-49-48-56(4,5)6)52(45-42-39-36-33-30-24-21-18-15-12-9-3)63-54(58)47-44-41-38-35-32-28-26-23-20-17-14-11-8-2/h10-11,13-14,17,19-20,22-23,26,42,45,51-52H,7-9,12,15-16,18,21,24-25,27-41,43-44,46-50H2,1-6H3,(H-,55,57,59,60)/p+1/b13-10+,14-11+,20-17+,22-19+,26-23-,45-42+. The number of hydrogen-bond donors (Lipinski definition) is 2. The van der Waals surface area contributed by atoms with Gasteiger partial charge in [0.2, 0.25) is 5.91 Å². The van der Waals surface area contributed by atoms with Gasteiger partial charge in [0.15, 0.2) is 0 Å². The minimum Gasteiger partial charge on any atom is -0.456 e. The van der Waals surface area contributed by atoms with E-state index in [0.717, 1.165) is 103 Å². The molecule has 0 saturated carbocycles. The number of amides is 1. The number of nitrogens with zero attached hydrogens (tertiary/aromatic N) is 1. The second-order valence-corrected chi connectivity index (χ2v) is 19.8. The van der Waals surface area contributed by atoms with E-state index < -0.39 is 20.0 Å². The molecule has 0 aliphatic carbocycles. The molecule has 2 N–H and O–H groups in total. The number of quaternary nitrogens is 1. The molecule has 0 aromatic heterocycles. The van der Waals surface area contributed by atoms with Crippen molar-refractivity contribution in [2.75, 3.05) is 40.9 Å². The second kappa shape index (κ2) is 44.3. The molecule has 3 unspecified atom stereocenters. The van der Waals surface area contributed by atoms with Gasteiger partial charge in [0.05, 0.1) is 33.8 Å². The first kappa shape index (κ1) is 61.5. The molecule has 0 fully saturated rings. The third-order valence-electron chi connectivity index (χ3n) is 11.0. The number of phosphoric acid groups is 1. The van der Waals surface area contributed by atoms with E-state index in [2.05, 4.69) is 80.8 Å². The molecule has 9 nitrogen and oxygen atoms in total. The molecular weight excluding hydrogens is 820 g/mol. The first-order valence-electron chi connectivity index (χ1n) is 25.8. The van der Waals surface area contributed by atoms with Crippen molar-refractivity contribution >= 4 is 19.7 Å². The molecule has 1 amide bonds. The Hall–Kier alpha value is -2.55. The summed E-state index contributed by atoms with van der Waals surface area (Å²) in [6, 6.07) is -0.861. The molecule has 0 aromatic carbocycles. The SMILES string of the molecule is CC/C=C/C=C/C=C\CCCCCCCC(=O)OC(/C=C/CCCCCCCCCCC)C(COP(=O)(O)OCC[N+](C)(C)C)NC(=O)CCCCCCCCC/C=C/C/C=C/CC. The van der Waals surface area contributed by atoms with Gasteiger partial charge in [-0.15, -0.1) is 0 Å². The first-order valence-corrected chi connectivity index (χ1v) is 27.3. The second-order valence-electron chi connectivity index (χ2n) is 18.3. The molecule has 0 saturated heterocycles. The summed E-state index contributed by atoms with van der Waals surface area (Å²) in [7, 11) is 1.47. The van der Waals surface area contributed by atoms with Gasteiger partial charge in [0.1, 0.15) is 19.3 Å². The van der Waals surface area contributed by atoms with Crippen molar-refractivity contribution < 1.29 is 37.3 Å².